The number of fused-ring (bicyclic) bond motifs is 1. The van der Waals surface area contributed by atoms with Crippen molar-refractivity contribution < 1.29 is 14.3 Å². The maximum Gasteiger partial charge on any atom is 0.344 e. The van der Waals surface area contributed by atoms with Crippen LogP contribution in [-0.4, -0.2) is 22.0 Å². The summed E-state index contributed by atoms with van der Waals surface area (Å²) in [6.45, 7) is 3.40. The van der Waals surface area contributed by atoms with Crippen LogP contribution in [0.25, 0.3) is 4.96 Å². The molecule has 0 fully saturated rings. The smallest absolute Gasteiger partial charge is 0.344 e. The lowest BCUT2D eigenvalue weighted by Crippen LogP contribution is -2.18. The Balaban J connectivity index is 1.60. The van der Waals surface area contributed by atoms with Crippen LogP contribution < -0.4 is 10.3 Å². The van der Waals surface area contributed by atoms with E-state index in [1.807, 2.05) is 13.8 Å². The van der Waals surface area contributed by atoms with Gasteiger partial charge in [-0.3, -0.25) is 9.20 Å². The first-order valence-electron chi connectivity index (χ1n) is 7.45. The second-order valence-electron chi connectivity index (χ2n) is 5.46. The monoisotopic (exact) mass is 378 g/mol. The second-order valence-corrected chi connectivity index (χ2v) is 6.77. The summed E-state index contributed by atoms with van der Waals surface area (Å²) in [6.07, 6.45) is 1.65. The van der Waals surface area contributed by atoms with E-state index in [0.29, 0.717) is 21.4 Å². The average Bonchev–Trinajstić information content (AvgIpc) is 3.01. The van der Waals surface area contributed by atoms with Crippen LogP contribution in [0.2, 0.25) is 5.02 Å². The van der Waals surface area contributed by atoms with Crippen molar-refractivity contribution >= 4 is 33.9 Å². The number of nitrogens with zero attached hydrogens (tertiary/aromatic N) is 2. The van der Waals surface area contributed by atoms with Crippen molar-refractivity contribution in [3.05, 3.63) is 62.0 Å². The standard InChI is InChI=1S/C17H15ClN2O4S/c1-10-5-12(18)6-11(2)16(10)24-9-15(22)23-8-13-7-14(21)20-3-4-25-17(20)19-13/h3-7H,8-9H2,1-2H3. The molecular formula is C17H15ClN2O4S. The van der Waals surface area contributed by atoms with E-state index in [2.05, 4.69) is 4.98 Å². The highest BCUT2D eigenvalue weighted by atomic mass is 35.5. The summed E-state index contributed by atoms with van der Waals surface area (Å²) in [6, 6.07) is 4.88. The molecule has 0 saturated heterocycles. The molecule has 0 aliphatic carbocycles. The number of benzene rings is 1. The largest absolute Gasteiger partial charge is 0.481 e. The van der Waals surface area contributed by atoms with E-state index >= 15 is 0 Å². The Morgan fingerprint density at radius 1 is 1.28 bits per heavy atom. The van der Waals surface area contributed by atoms with Gasteiger partial charge in [0.1, 0.15) is 12.4 Å². The predicted molar refractivity (Wildman–Crippen MR) is 95.6 cm³/mol. The molecule has 25 heavy (non-hydrogen) atoms. The van der Waals surface area contributed by atoms with Crippen molar-refractivity contribution in [3.8, 4) is 5.75 Å². The van der Waals surface area contributed by atoms with E-state index in [0.717, 1.165) is 11.1 Å². The summed E-state index contributed by atoms with van der Waals surface area (Å²) in [7, 11) is 0. The lowest BCUT2D eigenvalue weighted by atomic mass is 10.1. The van der Waals surface area contributed by atoms with Crippen LogP contribution in [-0.2, 0) is 16.1 Å². The number of hydrogen-bond acceptors (Lipinski definition) is 6. The number of aromatic nitrogens is 2. The van der Waals surface area contributed by atoms with Gasteiger partial charge in [-0.05, 0) is 37.1 Å². The highest BCUT2D eigenvalue weighted by Crippen LogP contribution is 2.26. The quantitative estimate of drug-likeness (QED) is 0.638. The molecular weight excluding hydrogens is 364 g/mol. The van der Waals surface area contributed by atoms with Gasteiger partial charge in [0, 0.05) is 22.7 Å². The van der Waals surface area contributed by atoms with Gasteiger partial charge in [0.25, 0.3) is 5.56 Å². The van der Waals surface area contributed by atoms with Crippen molar-refractivity contribution in [1.82, 2.24) is 9.38 Å². The Morgan fingerprint density at radius 2 is 2.00 bits per heavy atom. The molecule has 6 nitrogen and oxygen atoms in total. The third kappa shape index (κ3) is 4.00. The molecule has 3 rings (SSSR count). The molecule has 1 aromatic carbocycles. The van der Waals surface area contributed by atoms with Gasteiger partial charge in [0.05, 0.1) is 5.69 Å². The van der Waals surface area contributed by atoms with Crippen LogP contribution in [0.3, 0.4) is 0 Å². The number of ether oxygens (including phenoxy) is 2. The summed E-state index contributed by atoms with van der Waals surface area (Å²) >= 11 is 7.31. The Kier molecular flexibility index (Phi) is 5.06. The molecule has 2 heterocycles. The summed E-state index contributed by atoms with van der Waals surface area (Å²) in [5, 5.41) is 2.38. The first-order chi connectivity index (χ1) is 11.9. The first kappa shape index (κ1) is 17.4. The predicted octanol–water partition coefficient (Wildman–Crippen LogP) is 3.15. The van der Waals surface area contributed by atoms with Gasteiger partial charge >= 0.3 is 5.97 Å². The van der Waals surface area contributed by atoms with Crippen LogP contribution >= 0.6 is 22.9 Å². The lowest BCUT2D eigenvalue weighted by molar-refractivity contribution is -0.147. The second kappa shape index (κ2) is 7.25. The Bertz CT molecular complexity index is 973. The SMILES string of the molecule is Cc1cc(Cl)cc(C)c1OCC(=O)OCc1cc(=O)n2ccsc2n1. The van der Waals surface area contributed by atoms with Gasteiger partial charge in [-0.2, -0.15) is 0 Å². The number of carbonyl (C=O) groups excluding carboxylic acids is 1. The summed E-state index contributed by atoms with van der Waals surface area (Å²) in [5.74, 6) is 0.0691. The number of halogens is 1. The molecule has 2 aromatic heterocycles. The number of rotatable bonds is 5. The minimum absolute atomic E-state index is 0.0790. The average molecular weight is 379 g/mol. The zero-order chi connectivity index (χ0) is 18.0. The molecule has 8 heteroatoms. The molecule has 3 aromatic rings. The minimum Gasteiger partial charge on any atom is -0.481 e. The number of thiazole rings is 1. The van der Waals surface area contributed by atoms with Gasteiger partial charge < -0.3 is 9.47 Å². The fourth-order valence-corrected chi connectivity index (χ4v) is 3.48. The molecule has 0 saturated carbocycles. The Labute approximate surface area is 152 Å². The molecule has 0 aliphatic heterocycles. The van der Waals surface area contributed by atoms with Crippen LogP contribution in [0, 0.1) is 13.8 Å². The van der Waals surface area contributed by atoms with E-state index in [1.165, 1.54) is 21.8 Å². The van der Waals surface area contributed by atoms with E-state index in [9.17, 15) is 9.59 Å². The maximum atomic E-state index is 11.9. The Morgan fingerprint density at radius 3 is 2.72 bits per heavy atom. The van der Waals surface area contributed by atoms with Crippen molar-refractivity contribution in [2.24, 2.45) is 0 Å². The van der Waals surface area contributed by atoms with Crippen LogP contribution in [0.4, 0.5) is 0 Å². The summed E-state index contributed by atoms with van der Waals surface area (Å²) in [4.78, 5) is 28.6. The topological polar surface area (TPSA) is 69.9 Å². The minimum atomic E-state index is -0.540. The summed E-state index contributed by atoms with van der Waals surface area (Å²) < 4.78 is 12.1. The van der Waals surface area contributed by atoms with Crippen LogP contribution in [0.1, 0.15) is 16.8 Å². The number of esters is 1. The van der Waals surface area contributed by atoms with E-state index in [4.69, 9.17) is 21.1 Å². The van der Waals surface area contributed by atoms with Gasteiger partial charge in [-0.15, -0.1) is 11.3 Å². The van der Waals surface area contributed by atoms with Crippen molar-refractivity contribution in [3.63, 3.8) is 0 Å². The van der Waals surface area contributed by atoms with Gasteiger partial charge in [0.15, 0.2) is 11.6 Å². The highest BCUT2D eigenvalue weighted by Gasteiger charge is 2.11. The molecule has 0 spiro atoms. The summed E-state index contributed by atoms with van der Waals surface area (Å²) in [5.41, 5.74) is 1.88. The highest BCUT2D eigenvalue weighted by molar-refractivity contribution is 7.15. The van der Waals surface area contributed by atoms with Crippen LogP contribution in [0.15, 0.2) is 34.6 Å². The third-order valence-corrected chi connectivity index (χ3v) is 4.47. The normalized spacial score (nSPS) is 10.8. The third-order valence-electron chi connectivity index (χ3n) is 3.50. The number of hydrogen-bond donors (Lipinski definition) is 0. The van der Waals surface area contributed by atoms with Crippen molar-refractivity contribution in [1.29, 1.82) is 0 Å². The molecule has 0 unspecified atom stereocenters. The zero-order valence-corrected chi connectivity index (χ0v) is 15.2. The van der Waals surface area contributed by atoms with E-state index in [-0.39, 0.29) is 18.8 Å². The zero-order valence-electron chi connectivity index (χ0n) is 13.6. The Hall–Kier alpha value is -2.38. The fourth-order valence-electron chi connectivity index (χ4n) is 2.41. The van der Waals surface area contributed by atoms with Crippen molar-refractivity contribution in [2.45, 2.75) is 20.5 Å². The number of aryl methyl sites for hydroxylation is 2. The molecule has 0 amide bonds. The first-order valence-corrected chi connectivity index (χ1v) is 8.71. The molecule has 0 atom stereocenters. The number of carbonyl (C=O) groups is 1. The maximum absolute atomic E-state index is 11.9. The van der Waals surface area contributed by atoms with Crippen molar-refractivity contribution in [2.75, 3.05) is 6.61 Å². The van der Waals surface area contributed by atoms with E-state index in [1.54, 1.807) is 23.7 Å². The van der Waals surface area contributed by atoms with Crippen LogP contribution in [0.5, 0.6) is 5.75 Å². The van der Waals surface area contributed by atoms with E-state index < -0.39 is 5.97 Å². The molecule has 0 radical (unpaired) electrons. The van der Waals surface area contributed by atoms with Gasteiger partial charge in [-0.25, -0.2) is 9.78 Å². The fraction of sp³-hybridized carbons (Fsp3) is 0.235. The molecule has 0 N–H and O–H groups in total. The molecule has 130 valence electrons. The molecule has 0 aliphatic rings. The molecule has 0 bridgehead atoms. The van der Waals surface area contributed by atoms with Gasteiger partial charge in [0.2, 0.25) is 0 Å². The lowest BCUT2D eigenvalue weighted by Gasteiger charge is -2.12. The van der Waals surface area contributed by atoms with Gasteiger partial charge in [-0.1, -0.05) is 11.6 Å².